The van der Waals surface area contributed by atoms with E-state index in [-0.39, 0.29) is 4.21 Å². The molecule has 7 heteroatoms. The van der Waals surface area contributed by atoms with Crippen molar-refractivity contribution in [2.24, 2.45) is 0 Å². The highest BCUT2D eigenvalue weighted by atomic mass is 32.2. The number of aromatic nitrogens is 1. The first-order valence-electron chi connectivity index (χ1n) is 6.99. The summed E-state index contributed by atoms with van der Waals surface area (Å²) in [6.45, 7) is 5.75. The number of nitrogens with one attached hydrogen (secondary N) is 1. The molecule has 2 heterocycles. The van der Waals surface area contributed by atoms with Crippen molar-refractivity contribution in [2.75, 3.05) is 4.72 Å². The van der Waals surface area contributed by atoms with Crippen molar-refractivity contribution >= 4 is 27.0 Å². The van der Waals surface area contributed by atoms with Crippen molar-refractivity contribution in [1.82, 2.24) is 5.16 Å². The van der Waals surface area contributed by atoms with Gasteiger partial charge < -0.3 is 4.52 Å². The lowest BCUT2D eigenvalue weighted by Gasteiger charge is -2.08. The van der Waals surface area contributed by atoms with Gasteiger partial charge in [0.15, 0.2) is 5.76 Å². The molecular formula is C16H16N2O3S2. The van der Waals surface area contributed by atoms with Gasteiger partial charge in [-0.3, -0.25) is 4.72 Å². The molecule has 0 atom stereocenters. The first-order chi connectivity index (χ1) is 10.8. The summed E-state index contributed by atoms with van der Waals surface area (Å²) < 4.78 is 33.0. The topological polar surface area (TPSA) is 72.2 Å². The number of sulfonamides is 1. The molecule has 0 radical (unpaired) electrons. The Balaban J connectivity index is 1.88. The second-order valence-corrected chi connectivity index (χ2v) is 8.35. The van der Waals surface area contributed by atoms with Gasteiger partial charge in [-0.25, -0.2) is 8.42 Å². The lowest BCUT2D eigenvalue weighted by atomic mass is 10.1. The molecule has 3 aromatic rings. The minimum Gasteiger partial charge on any atom is -0.355 e. The maximum absolute atomic E-state index is 12.5. The van der Waals surface area contributed by atoms with Crippen LogP contribution in [0.25, 0.3) is 10.6 Å². The first kappa shape index (κ1) is 15.8. The summed E-state index contributed by atoms with van der Waals surface area (Å²) in [6.07, 6.45) is 0. The highest BCUT2D eigenvalue weighted by Gasteiger charge is 2.19. The summed E-state index contributed by atoms with van der Waals surface area (Å²) >= 11 is 1.15. The van der Waals surface area contributed by atoms with Crippen LogP contribution < -0.4 is 4.72 Å². The molecule has 0 aliphatic carbocycles. The maximum Gasteiger partial charge on any atom is 0.271 e. The molecule has 0 saturated carbocycles. The summed E-state index contributed by atoms with van der Waals surface area (Å²) in [5.41, 5.74) is 3.46. The van der Waals surface area contributed by atoms with E-state index in [0.717, 1.165) is 33.0 Å². The van der Waals surface area contributed by atoms with Gasteiger partial charge in [-0.05, 0) is 56.2 Å². The Morgan fingerprint density at radius 3 is 2.48 bits per heavy atom. The van der Waals surface area contributed by atoms with Crippen LogP contribution in [0.4, 0.5) is 5.69 Å². The Kier molecular flexibility index (Phi) is 3.99. The summed E-state index contributed by atoms with van der Waals surface area (Å²) in [6, 6.07) is 10.5. The molecule has 0 amide bonds. The monoisotopic (exact) mass is 348 g/mol. The van der Waals surface area contributed by atoms with Crippen LogP contribution in [0.1, 0.15) is 16.8 Å². The normalized spacial score (nSPS) is 11.6. The van der Waals surface area contributed by atoms with E-state index in [1.807, 2.05) is 32.9 Å². The van der Waals surface area contributed by atoms with E-state index in [1.54, 1.807) is 24.3 Å². The van der Waals surface area contributed by atoms with E-state index in [4.69, 9.17) is 4.52 Å². The second-order valence-electron chi connectivity index (χ2n) is 5.36. The zero-order valence-electron chi connectivity index (χ0n) is 13.0. The minimum absolute atomic E-state index is 0.236. The minimum atomic E-state index is -3.62. The van der Waals surface area contributed by atoms with Gasteiger partial charge in [0.05, 0.1) is 10.6 Å². The van der Waals surface area contributed by atoms with Crippen LogP contribution in [0.5, 0.6) is 0 Å². The molecule has 1 N–H and O–H groups in total. The third kappa shape index (κ3) is 3.30. The molecule has 1 aromatic carbocycles. The van der Waals surface area contributed by atoms with Crippen molar-refractivity contribution in [2.45, 2.75) is 25.0 Å². The van der Waals surface area contributed by atoms with Crippen LogP contribution in [0, 0.1) is 20.8 Å². The van der Waals surface area contributed by atoms with Gasteiger partial charge in [0.1, 0.15) is 4.21 Å². The van der Waals surface area contributed by atoms with E-state index >= 15 is 0 Å². The molecule has 0 unspecified atom stereocenters. The zero-order valence-corrected chi connectivity index (χ0v) is 14.6. The molecule has 0 aliphatic rings. The first-order valence-corrected chi connectivity index (χ1v) is 9.29. The molecule has 0 bridgehead atoms. The van der Waals surface area contributed by atoms with Gasteiger partial charge in [-0.2, -0.15) is 0 Å². The highest BCUT2D eigenvalue weighted by molar-refractivity contribution is 7.94. The van der Waals surface area contributed by atoms with Crippen LogP contribution in [0.3, 0.4) is 0 Å². The molecule has 0 fully saturated rings. The van der Waals surface area contributed by atoms with E-state index in [0.29, 0.717) is 11.4 Å². The fourth-order valence-electron chi connectivity index (χ4n) is 2.09. The molecule has 0 saturated heterocycles. The number of rotatable bonds is 4. The van der Waals surface area contributed by atoms with E-state index < -0.39 is 10.0 Å². The number of thiophene rings is 1. The van der Waals surface area contributed by atoms with Crippen molar-refractivity contribution in [3.63, 3.8) is 0 Å². The number of hydrogen-bond acceptors (Lipinski definition) is 5. The van der Waals surface area contributed by atoms with Gasteiger partial charge >= 0.3 is 0 Å². The van der Waals surface area contributed by atoms with Crippen LogP contribution in [0.15, 0.2) is 45.1 Å². The number of nitrogens with zero attached hydrogens (tertiary/aromatic N) is 1. The number of aryl methyl sites for hydroxylation is 3. The Morgan fingerprint density at radius 1 is 1.04 bits per heavy atom. The SMILES string of the molecule is Cc1cc(-c2ccc(S(=O)(=O)Nc3ccc(C)c(C)c3)s2)on1. The number of hydrogen-bond donors (Lipinski definition) is 1. The molecule has 0 spiro atoms. The fraction of sp³-hybridized carbons (Fsp3) is 0.188. The van der Waals surface area contributed by atoms with Crippen molar-refractivity contribution in [3.8, 4) is 10.6 Å². The van der Waals surface area contributed by atoms with E-state index in [2.05, 4.69) is 9.88 Å². The van der Waals surface area contributed by atoms with Crippen molar-refractivity contribution < 1.29 is 12.9 Å². The summed E-state index contributed by atoms with van der Waals surface area (Å²) in [4.78, 5) is 0.728. The Morgan fingerprint density at radius 2 is 1.83 bits per heavy atom. The van der Waals surface area contributed by atoms with Crippen LogP contribution >= 0.6 is 11.3 Å². The third-order valence-electron chi connectivity index (χ3n) is 3.48. The summed E-state index contributed by atoms with van der Waals surface area (Å²) in [5, 5.41) is 3.82. The Labute approximate surface area is 139 Å². The third-order valence-corrected chi connectivity index (χ3v) is 6.45. The lowest BCUT2D eigenvalue weighted by molar-refractivity contribution is 0.428. The maximum atomic E-state index is 12.5. The number of anilines is 1. The van der Waals surface area contributed by atoms with Crippen molar-refractivity contribution in [1.29, 1.82) is 0 Å². The second kappa shape index (κ2) is 5.82. The van der Waals surface area contributed by atoms with Gasteiger partial charge in [-0.15, -0.1) is 11.3 Å². The molecule has 3 rings (SSSR count). The Hall–Kier alpha value is -2.12. The van der Waals surface area contributed by atoms with Gasteiger partial charge in [-0.1, -0.05) is 11.2 Å². The molecule has 120 valence electrons. The predicted octanol–water partition coefficient (Wildman–Crippen LogP) is 4.13. The highest BCUT2D eigenvalue weighted by Crippen LogP contribution is 2.32. The quantitative estimate of drug-likeness (QED) is 0.769. The zero-order chi connectivity index (χ0) is 16.6. The molecule has 0 aliphatic heterocycles. The average molecular weight is 348 g/mol. The van der Waals surface area contributed by atoms with Crippen LogP contribution in [-0.2, 0) is 10.0 Å². The molecular weight excluding hydrogens is 332 g/mol. The molecule has 5 nitrogen and oxygen atoms in total. The predicted molar refractivity (Wildman–Crippen MR) is 91.3 cm³/mol. The van der Waals surface area contributed by atoms with E-state index in [1.165, 1.54) is 0 Å². The smallest absolute Gasteiger partial charge is 0.271 e. The van der Waals surface area contributed by atoms with Gasteiger partial charge in [0.2, 0.25) is 0 Å². The van der Waals surface area contributed by atoms with Gasteiger partial charge in [0.25, 0.3) is 10.0 Å². The Bertz CT molecular complexity index is 955. The average Bonchev–Trinajstić information content (AvgIpc) is 3.11. The molecule has 2 aromatic heterocycles. The van der Waals surface area contributed by atoms with Crippen LogP contribution in [0.2, 0.25) is 0 Å². The van der Waals surface area contributed by atoms with E-state index in [9.17, 15) is 8.42 Å². The van der Waals surface area contributed by atoms with Crippen LogP contribution in [-0.4, -0.2) is 13.6 Å². The van der Waals surface area contributed by atoms with Gasteiger partial charge in [0, 0.05) is 11.8 Å². The fourth-order valence-corrected chi connectivity index (χ4v) is 4.39. The van der Waals surface area contributed by atoms with Crippen molar-refractivity contribution in [3.05, 3.63) is 53.2 Å². The largest absolute Gasteiger partial charge is 0.355 e. The number of benzene rings is 1. The standard InChI is InChI=1S/C16H16N2O3S2/c1-10-4-5-13(8-11(10)2)18-23(19,20)16-7-6-15(22-16)14-9-12(3)17-21-14/h4-9,18H,1-3H3. The summed E-state index contributed by atoms with van der Waals surface area (Å²) in [7, 11) is -3.62. The summed E-state index contributed by atoms with van der Waals surface area (Å²) in [5.74, 6) is 0.570. The molecule has 23 heavy (non-hydrogen) atoms. The lowest BCUT2D eigenvalue weighted by Crippen LogP contribution is -2.11.